The Balaban J connectivity index is 2.38. The highest BCUT2D eigenvalue weighted by Crippen LogP contribution is 2.46. The van der Waals surface area contributed by atoms with E-state index in [1.165, 1.54) is 0 Å². The molecule has 0 aliphatic heterocycles. The van der Waals surface area contributed by atoms with Gasteiger partial charge in [-0.25, -0.2) is 8.42 Å². The molecule has 2 rings (SSSR count). The zero-order valence-corrected chi connectivity index (χ0v) is 7.53. The SMILES string of the molecule is O=S(=O)(Cl)C1=CC2CCC1C2. The average Bonchev–Trinajstić information content (AvgIpc) is 2.42. The summed E-state index contributed by atoms with van der Waals surface area (Å²) in [6.45, 7) is 0. The van der Waals surface area contributed by atoms with Crippen molar-refractivity contribution in [3.63, 3.8) is 0 Å². The quantitative estimate of drug-likeness (QED) is 0.595. The normalized spacial score (nSPS) is 35.9. The zero-order valence-electron chi connectivity index (χ0n) is 5.96. The second-order valence-corrected chi connectivity index (χ2v) is 5.84. The van der Waals surface area contributed by atoms with Gasteiger partial charge < -0.3 is 0 Å². The molecule has 0 N–H and O–H groups in total. The van der Waals surface area contributed by atoms with Crippen molar-refractivity contribution in [2.75, 3.05) is 0 Å². The lowest BCUT2D eigenvalue weighted by molar-refractivity contribution is 0.600. The fourth-order valence-corrected chi connectivity index (χ4v) is 3.57. The monoisotopic (exact) mass is 192 g/mol. The topological polar surface area (TPSA) is 34.1 Å². The van der Waals surface area contributed by atoms with Gasteiger partial charge in [0.05, 0.1) is 4.91 Å². The summed E-state index contributed by atoms with van der Waals surface area (Å²) in [6.07, 6.45) is 4.97. The molecule has 0 aromatic heterocycles. The fraction of sp³-hybridized carbons (Fsp3) is 0.714. The highest BCUT2D eigenvalue weighted by atomic mass is 35.7. The zero-order chi connectivity index (χ0) is 8.06. The molecule has 0 radical (unpaired) electrons. The third-order valence-corrected chi connectivity index (χ3v) is 4.12. The van der Waals surface area contributed by atoms with E-state index in [1.807, 2.05) is 6.08 Å². The number of rotatable bonds is 1. The lowest BCUT2D eigenvalue weighted by atomic mass is 10.1. The highest BCUT2D eigenvalue weighted by molar-refractivity contribution is 8.16. The minimum Gasteiger partial charge on any atom is -0.207 e. The molecular formula is C7H9ClO2S. The van der Waals surface area contributed by atoms with Gasteiger partial charge in [-0.1, -0.05) is 6.08 Å². The van der Waals surface area contributed by atoms with Gasteiger partial charge >= 0.3 is 0 Å². The van der Waals surface area contributed by atoms with Crippen molar-refractivity contribution in [1.29, 1.82) is 0 Å². The molecule has 2 unspecified atom stereocenters. The Morgan fingerprint density at radius 2 is 2.18 bits per heavy atom. The summed E-state index contributed by atoms with van der Waals surface area (Å²) in [5.74, 6) is 0.728. The molecule has 0 saturated heterocycles. The van der Waals surface area contributed by atoms with Crippen LogP contribution < -0.4 is 0 Å². The van der Waals surface area contributed by atoms with Crippen LogP contribution in [0.2, 0.25) is 0 Å². The molecule has 0 aromatic carbocycles. The molecule has 4 heteroatoms. The summed E-state index contributed by atoms with van der Waals surface area (Å²) >= 11 is 0. The molecule has 2 aliphatic carbocycles. The van der Waals surface area contributed by atoms with Gasteiger partial charge in [-0.05, 0) is 31.1 Å². The van der Waals surface area contributed by atoms with E-state index in [0.717, 1.165) is 19.3 Å². The van der Waals surface area contributed by atoms with E-state index in [4.69, 9.17) is 10.7 Å². The Bertz CT molecular complexity index is 304. The number of hydrogen-bond acceptors (Lipinski definition) is 2. The molecule has 0 spiro atoms. The van der Waals surface area contributed by atoms with E-state index in [2.05, 4.69) is 0 Å². The molecule has 0 amide bonds. The standard InChI is InChI=1S/C7H9ClO2S/c8-11(9,10)7-4-5-1-2-6(7)3-5/h4-6H,1-3H2. The Morgan fingerprint density at radius 3 is 2.45 bits per heavy atom. The lowest BCUT2D eigenvalue weighted by Crippen LogP contribution is -2.03. The summed E-state index contributed by atoms with van der Waals surface area (Å²) in [6, 6.07) is 0. The van der Waals surface area contributed by atoms with E-state index in [9.17, 15) is 8.42 Å². The van der Waals surface area contributed by atoms with E-state index in [0.29, 0.717) is 10.8 Å². The summed E-state index contributed by atoms with van der Waals surface area (Å²) < 4.78 is 21.8. The first-order chi connectivity index (χ1) is 5.07. The van der Waals surface area contributed by atoms with E-state index in [1.54, 1.807) is 0 Å². The van der Waals surface area contributed by atoms with Crippen LogP contribution in [0.5, 0.6) is 0 Å². The van der Waals surface area contributed by atoms with Crippen molar-refractivity contribution < 1.29 is 8.42 Å². The van der Waals surface area contributed by atoms with Gasteiger partial charge in [0.15, 0.2) is 0 Å². The molecule has 0 heterocycles. The smallest absolute Gasteiger partial charge is 0.207 e. The van der Waals surface area contributed by atoms with Gasteiger partial charge in [-0.15, -0.1) is 0 Å². The maximum Gasteiger partial charge on any atom is 0.257 e. The van der Waals surface area contributed by atoms with Crippen LogP contribution in [-0.4, -0.2) is 8.42 Å². The minimum atomic E-state index is -3.40. The second-order valence-electron chi connectivity index (χ2n) is 3.28. The second kappa shape index (κ2) is 2.23. The van der Waals surface area contributed by atoms with Crippen LogP contribution >= 0.6 is 10.7 Å². The number of halogens is 1. The number of fused-ring (bicyclic) bond motifs is 2. The molecule has 2 bridgehead atoms. The molecule has 0 aromatic rings. The Labute approximate surface area is 70.7 Å². The molecule has 2 aliphatic rings. The molecule has 2 atom stereocenters. The number of allylic oxidation sites excluding steroid dienone is 2. The van der Waals surface area contributed by atoms with Gasteiger partial charge in [0.25, 0.3) is 9.05 Å². The first-order valence-corrected chi connectivity index (χ1v) is 6.04. The largest absolute Gasteiger partial charge is 0.257 e. The summed E-state index contributed by atoms with van der Waals surface area (Å²) in [4.78, 5) is 0.482. The Kier molecular flexibility index (Phi) is 1.55. The van der Waals surface area contributed by atoms with Gasteiger partial charge in [-0.2, -0.15) is 0 Å². The van der Waals surface area contributed by atoms with Crippen LogP contribution in [-0.2, 0) is 9.05 Å². The van der Waals surface area contributed by atoms with Gasteiger partial charge in [0.1, 0.15) is 0 Å². The van der Waals surface area contributed by atoms with Crippen molar-refractivity contribution >= 4 is 19.7 Å². The van der Waals surface area contributed by atoms with Gasteiger partial charge in [-0.3, -0.25) is 0 Å². The number of hydrogen-bond donors (Lipinski definition) is 0. The maximum atomic E-state index is 10.9. The Hall–Kier alpha value is -0.0200. The first kappa shape index (κ1) is 7.62. The fourth-order valence-electron chi connectivity index (χ4n) is 2.07. The van der Waals surface area contributed by atoms with Crippen LogP contribution in [0.3, 0.4) is 0 Å². The van der Waals surface area contributed by atoms with Crippen molar-refractivity contribution in [2.45, 2.75) is 19.3 Å². The van der Waals surface area contributed by atoms with Crippen LogP contribution in [0.1, 0.15) is 19.3 Å². The third kappa shape index (κ3) is 1.20. The van der Waals surface area contributed by atoms with Crippen LogP contribution in [0.4, 0.5) is 0 Å². The first-order valence-electron chi connectivity index (χ1n) is 3.74. The van der Waals surface area contributed by atoms with Crippen molar-refractivity contribution in [3.05, 3.63) is 11.0 Å². The van der Waals surface area contributed by atoms with Gasteiger partial charge in [0.2, 0.25) is 0 Å². The summed E-state index contributed by atoms with van der Waals surface area (Å²) in [5.41, 5.74) is 0. The van der Waals surface area contributed by atoms with Crippen LogP contribution in [0.25, 0.3) is 0 Å². The maximum absolute atomic E-state index is 10.9. The summed E-state index contributed by atoms with van der Waals surface area (Å²) in [5, 5.41) is 0. The van der Waals surface area contributed by atoms with Crippen LogP contribution in [0.15, 0.2) is 11.0 Å². The molecule has 2 nitrogen and oxygen atoms in total. The lowest BCUT2D eigenvalue weighted by Gasteiger charge is -2.08. The minimum absolute atomic E-state index is 0.238. The van der Waals surface area contributed by atoms with Gasteiger partial charge in [0, 0.05) is 10.7 Å². The van der Waals surface area contributed by atoms with E-state index in [-0.39, 0.29) is 5.92 Å². The van der Waals surface area contributed by atoms with Crippen molar-refractivity contribution in [2.24, 2.45) is 11.8 Å². The predicted octanol–water partition coefficient (Wildman–Crippen LogP) is 1.87. The third-order valence-electron chi connectivity index (χ3n) is 2.56. The van der Waals surface area contributed by atoms with E-state index < -0.39 is 9.05 Å². The van der Waals surface area contributed by atoms with E-state index >= 15 is 0 Å². The molecular weight excluding hydrogens is 184 g/mol. The summed E-state index contributed by atoms with van der Waals surface area (Å²) in [7, 11) is 1.84. The molecule has 1 fully saturated rings. The predicted molar refractivity (Wildman–Crippen MR) is 43.7 cm³/mol. The molecule has 1 saturated carbocycles. The van der Waals surface area contributed by atoms with Crippen molar-refractivity contribution in [3.8, 4) is 0 Å². The van der Waals surface area contributed by atoms with Crippen LogP contribution in [0, 0.1) is 11.8 Å². The highest BCUT2D eigenvalue weighted by Gasteiger charge is 2.37. The van der Waals surface area contributed by atoms with Crippen molar-refractivity contribution in [1.82, 2.24) is 0 Å². The Morgan fingerprint density at radius 1 is 1.45 bits per heavy atom. The average molecular weight is 193 g/mol. The molecule has 62 valence electrons. The molecule has 11 heavy (non-hydrogen) atoms.